The third-order valence-corrected chi connectivity index (χ3v) is 6.13. The second kappa shape index (κ2) is 10.5. The van der Waals surface area contributed by atoms with Crippen LogP contribution in [0.5, 0.6) is 5.75 Å². The van der Waals surface area contributed by atoms with Crippen molar-refractivity contribution in [3.63, 3.8) is 0 Å². The summed E-state index contributed by atoms with van der Waals surface area (Å²) in [6.45, 7) is 0.0111. The van der Waals surface area contributed by atoms with E-state index in [1.807, 2.05) is 48.5 Å². The number of imide groups is 1. The highest BCUT2D eigenvalue weighted by Crippen LogP contribution is 2.35. The highest BCUT2D eigenvalue weighted by molar-refractivity contribution is 9.10. The molecular weight excluding hydrogens is 504 g/mol. The van der Waals surface area contributed by atoms with E-state index >= 15 is 0 Å². The van der Waals surface area contributed by atoms with Gasteiger partial charge in [-0.1, -0.05) is 64.5 Å². The minimum Gasteiger partial charge on any atom is -0.488 e. The van der Waals surface area contributed by atoms with Gasteiger partial charge >= 0.3 is 0 Å². The Labute approximate surface area is 203 Å². The first kappa shape index (κ1) is 22.8. The molecule has 4 rings (SSSR count). The third kappa shape index (κ3) is 5.91. The molecule has 1 saturated heterocycles. The fourth-order valence-electron chi connectivity index (χ4n) is 3.14. The van der Waals surface area contributed by atoms with E-state index < -0.39 is 17.1 Å². The number of benzene rings is 3. The van der Waals surface area contributed by atoms with Crippen molar-refractivity contribution in [2.24, 2.45) is 0 Å². The number of anilines is 1. The first-order chi connectivity index (χ1) is 16.0. The van der Waals surface area contributed by atoms with E-state index in [1.54, 1.807) is 36.4 Å². The molecule has 1 aliphatic heterocycles. The molecule has 0 spiro atoms. The van der Waals surface area contributed by atoms with Crippen LogP contribution in [0.25, 0.3) is 6.08 Å². The number of hydrogen-bond acceptors (Lipinski definition) is 5. The number of ether oxygens (including phenoxy) is 1. The Kier molecular flexibility index (Phi) is 7.26. The van der Waals surface area contributed by atoms with Crippen molar-refractivity contribution in [3.8, 4) is 5.75 Å². The van der Waals surface area contributed by atoms with Crippen molar-refractivity contribution < 1.29 is 19.1 Å². The molecule has 0 bridgehead atoms. The van der Waals surface area contributed by atoms with Crippen LogP contribution in [0.4, 0.5) is 10.5 Å². The highest BCUT2D eigenvalue weighted by Gasteiger charge is 2.36. The SMILES string of the molecule is O=C(CN1C(=O)S/C(=C\c2cc(Br)ccc2OCc2ccccc2)C1=O)Nc1ccccc1. The van der Waals surface area contributed by atoms with E-state index in [0.29, 0.717) is 23.6 Å². The Morgan fingerprint density at radius 1 is 1.00 bits per heavy atom. The smallest absolute Gasteiger partial charge is 0.294 e. The minimum atomic E-state index is -0.512. The lowest BCUT2D eigenvalue weighted by atomic mass is 10.1. The summed E-state index contributed by atoms with van der Waals surface area (Å²) in [5.41, 5.74) is 2.26. The monoisotopic (exact) mass is 522 g/mol. The van der Waals surface area contributed by atoms with Crippen molar-refractivity contribution in [2.45, 2.75) is 6.61 Å². The Balaban J connectivity index is 1.48. The molecule has 0 unspecified atom stereocenters. The van der Waals surface area contributed by atoms with E-state index in [2.05, 4.69) is 21.2 Å². The molecule has 0 saturated carbocycles. The summed E-state index contributed by atoms with van der Waals surface area (Å²) in [7, 11) is 0. The highest BCUT2D eigenvalue weighted by atomic mass is 79.9. The van der Waals surface area contributed by atoms with Crippen LogP contribution in [0, 0.1) is 0 Å². The van der Waals surface area contributed by atoms with Gasteiger partial charge in [-0.3, -0.25) is 19.3 Å². The molecule has 3 amide bonds. The predicted octanol–water partition coefficient (Wildman–Crippen LogP) is 5.70. The number of nitrogens with zero attached hydrogens (tertiary/aromatic N) is 1. The van der Waals surface area contributed by atoms with Gasteiger partial charge in [-0.25, -0.2) is 0 Å². The molecule has 1 N–H and O–H groups in total. The Bertz CT molecular complexity index is 1220. The van der Waals surface area contributed by atoms with Gasteiger partial charge in [-0.2, -0.15) is 0 Å². The van der Waals surface area contributed by atoms with Crippen molar-refractivity contribution >= 4 is 56.5 Å². The zero-order chi connectivity index (χ0) is 23.2. The Morgan fingerprint density at radius 3 is 2.42 bits per heavy atom. The number of hydrogen-bond donors (Lipinski definition) is 1. The summed E-state index contributed by atoms with van der Waals surface area (Å²) in [5, 5.41) is 2.19. The first-order valence-electron chi connectivity index (χ1n) is 10.1. The van der Waals surface area contributed by atoms with Crippen LogP contribution in [-0.2, 0) is 16.2 Å². The second-order valence-corrected chi connectivity index (χ2v) is 9.05. The Morgan fingerprint density at radius 2 is 1.70 bits per heavy atom. The molecule has 6 nitrogen and oxygen atoms in total. The molecule has 1 heterocycles. The van der Waals surface area contributed by atoms with Crippen LogP contribution < -0.4 is 10.1 Å². The van der Waals surface area contributed by atoms with E-state index in [9.17, 15) is 14.4 Å². The molecule has 1 aliphatic rings. The van der Waals surface area contributed by atoms with Gasteiger partial charge in [0.25, 0.3) is 11.1 Å². The predicted molar refractivity (Wildman–Crippen MR) is 133 cm³/mol. The topological polar surface area (TPSA) is 75.7 Å². The normalized spacial score (nSPS) is 14.6. The lowest BCUT2D eigenvalue weighted by Crippen LogP contribution is -2.36. The average Bonchev–Trinajstić information content (AvgIpc) is 3.07. The van der Waals surface area contributed by atoms with Crippen molar-refractivity contribution in [1.29, 1.82) is 0 Å². The average molecular weight is 523 g/mol. The number of carbonyl (C=O) groups is 3. The summed E-state index contributed by atoms with van der Waals surface area (Å²) in [5.74, 6) is -0.378. The number of rotatable bonds is 7. The molecule has 0 aliphatic carbocycles. The van der Waals surface area contributed by atoms with Crippen molar-refractivity contribution in [2.75, 3.05) is 11.9 Å². The summed E-state index contributed by atoms with van der Waals surface area (Å²) in [6.07, 6.45) is 1.62. The van der Waals surface area contributed by atoms with Gasteiger partial charge in [0.1, 0.15) is 18.9 Å². The summed E-state index contributed by atoms with van der Waals surface area (Å²) >= 11 is 4.24. The van der Waals surface area contributed by atoms with Gasteiger partial charge in [0.05, 0.1) is 4.91 Å². The lowest BCUT2D eigenvalue weighted by molar-refractivity contribution is -0.127. The quantitative estimate of drug-likeness (QED) is 0.402. The maximum atomic E-state index is 12.9. The molecule has 3 aromatic carbocycles. The van der Waals surface area contributed by atoms with Crippen LogP contribution in [0.2, 0.25) is 0 Å². The molecule has 3 aromatic rings. The minimum absolute atomic E-state index is 0.232. The second-order valence-electron chi connectivity index (χ2n) is 7.14. The third-order valence-electron chi connectivity index (χ3n) is 4.73. The van der Waals surface area contributed by atoms with E-state index in [1.165, 1.54) is 0 Å². The molecular formula is C25H19BrN2O4S. The lowest BCUT2D eigenvalue weighted by Gasteiger charge is -2.12. The molecule has 166 valence electrons. The zero-order valence-electron chi connectivity index (χ0n) is 17.4. The van der Waals surface area contributed by atoms with Crippen LogP contribution in [0.15, 0.2) is 88.2 Å². The molecule has 33 heavy (non-hydrogen) atoms. The van der Waals surface area contributed by atoms with Gasteiger partial charge < -0.3 is 10.1 Å². The number of halogens is 1. The van der Waals surface area contributed by atoms with E-state index in [0.717, 1.165) is 26.7 Å². The summed E-state index contributed by atoms with van der Waals surface area (Å²) < 4.78 is 6.77. The van der Waals surface area contributed by atoms with Gasteiger partial charge in [-0.15, -0.1) is 0 Å². The molecule has 8 heteroatoms. The molecule has 0 radical (unpaired) electrons. The van der Waals surface area contributed by atoms with Crippen molar-refractivity contribution in [1.82, 2.24) is 4.90 Å². The van der Waals surface area contributed by atoms with Gasteiger partial charge in [0.15, 0.2) is 0 Å². The Hall–Kier alpha value is -3.36. The molecule has 1 fully saturated rings. The maximum absolute atomic E-state index is 12.9. The summed E-state index contributed by atoms with van der Waals surface area (Å²) in [6, 6.07) is 24.1. The van der Waals surface area contributed by atoms with Crippen molar-refractivity contribution in [3.05, 3.63) is 99.4 Å². The largest absolute Gasteiger partial charge is 0.488 e. The van der Waals surface area contributed by atoms with Gasteiger partial charge in [0.2, 0.25) is 5.91 Å². The van der Waals surface area contributed by atoms with E-state index in [-0.39, 0.29) is 11.4 Å². The molecule has 0 atom stereocenters. The maximum Gasteiger partial charge on any atom is 0.294 e. The number of nitrogens with one attached hydrogen (secondary N) is 1. The number of carbonyl (C=O) groups excluding carboxylic acids is 3. The number of para-hydroxylation sites is 1. The van der Waals surface area contributed by atoms with Crippen LogP contribution in [-0.4, -0.2) is 28.5 Å². The fraction of sp³-hybridized carbons (Fsp3) is 0.0800. The number of amides is 3. The summed E-state index contributed by atoms with van der Waals surface area (Å²) in [4.78, 5) is 38.8. The van der Waals surface area contributed by atoms with Gasteiger partial charge in [0, 0.05) is 15.7 Å². The van der Waals surface area contributed by atoms with Crippen LogP contribution in [0.1, 0.15) is 11.1 Å². The standard InChI is InChI=1S/C25H19BrN2O4S/c26-19-11-12-21(32-16-17-7-3-1-4-8-17)18(13-19)14-22-24(30)28(25(31)33-22)15-23(29)27-20-9-5-2-6-10-20/h1-14H,15-16H2,(H,27,29)/b22-14-. The van der Waals surface area contributed by atoms with E-state index in [4.69, 9.17) is 4.74 Å². The van der Waals surface area contributed by atoms with Crippen LogP contribution in [0.3, 0.4) is 0 Å². The van der Waals surface area contributed by atoms with Crippen LogP contribution >= 0.6 is 27.7 Å². The molecule has 0 aromatic heterocycles. The number of thioether (sulfide) groups is 1. The first-order valence-corrected chi connectivity index (χ1v) is 11.7. The fourth-order valence-corrected chi connectivity index (χ4v) is 4.35. The van der Waals surface area contributed by atoms with Gasteiger partial charge in [-0.05, 0) is 53.7 Å². The zero-order valence-corrected chi connectivity index (χ0v) is 19.8.